The van der Waals surface area contributed by atoms with Gasteiger partial charge in [-0.3, -0.25) is 14.9 Å². The number of hydrogen-bond acceptors (Lipinski definition) is 5. The van der Waals surface area contributed by atoms with Crippen LogP contribution in [0.3, 0.4) is 0 Å². The summed E-state index contributed by atoms with van der Waals surface area (Å²) in [5, 5.41) is 16.1. The molecule has 2 aromatic heterocycles. The number of hydrogen-bond donors (Lipinski definition) is 2. The third-order valence-electron chi connectivity index (χ3n) is 5.75. The number of rotatable bonds is 8. The Hall–Kier alpha value is -3.89. The van der Waals surface area contributed by atoms with Gasteiger partial charge in [0.1, 0.15) is 29.1 Å². The first-order valence-electron chi connectivity index (χ1n) is 11.2. The number of aliphatic hydroxyl groups excluding tert-OH is 1. The molecule has 1 aromatic carbocycles. The number of amides is 1. The number of H-pyrrole nitrogens is 1. The van der Waals surface area contributed by atoms with E-state index in [-0.39, 0.29) is 53.1 Å². The SMILES string of the molecule is CO[C@H](CO)C(Cc1ccccn1)=NC(=O)C1=C(c2[nH]nc(-c3ccc(F)cc3)c2F)C(F)=CCC1. The zero-order chi connectivity index (χ0) is 25.7. The van der Waals surface area contributed by atoms with Crippen molar-refractivity contribution in [1.29, 1.82) is 0 Å². The predicted octanol–water partition coefficient (Wildman–Crippen LogP) is 4.37. The Kier molecular flexibility index (Phi) is 7.87. The lowest BCUT2D eigenvalue weighted by atomic mass is 9.93. The number of aliphatic imine (C=N–C) groups is 1. The quantitative estimate of drug-likeness (QED) is 0.451. The number of aliphatic hydroxyl groups is 1. The second-order valence-corrected chi connectivity index (χ2v) is 8.03. The Bertz CT molecular complexity index is 1330. The number of nitrogens with one attached hydrogen (secondary N) is 1. The molecule has 1 amide bonds. The highest BCUT2D eigenvalue weighted by Crippen LogP contribution is 2.37. The minimum Gasteiger partial charge on any atom is -0.393 e. The monoisotopic (exact) mass is 496 g/mol. The van der Waals surface area contributed by atoms with Gasteiger partial charge < -0.3 is 9.84 Å². The number of aromatic amines is 1. The molecule has 2 N–H and O–H groups in total. The van der Waals surface area contributed by atoms with E-state index in [9.17, 15) is 14.3 Å². The van der Waals surface area contributed by atoms with Gasteiger partial charge >= 0.3 is 0 Å². The first-order chi connectivity index (χ1) is 17.4. The van der Waals surface area contributed by atoms with Crippen LogP contribution in [0, 0.1) is 11.6 Å². The largest absolute Gasteiger partial charge is 0.393 e. The number of ether oxygens (including phenoxy) is 1. The average molecular weight is 496 g/mol. The minimum atomic E-state index is -0.891. The van der Waals surface area contributed by atoms with Crippen LogP contribution < -0.4 is 0 Å². The maximum Gasteiger partial charge on any atom is 0.273 e. The van der Waals surface area contributed by atoms with Gasteiger partial charge in [0.2, 0.25) is 0 Å². The zero-order valence-corrected chi connectivity index (χ0v) is 19.3. The first-order valence-corrected chi connectivity index (χ1v) is 11.2. The Balaban J connectivity index is 1.76. The van der Waals surface area contributed by atoms with Gasteiger partial charge in [-0.1, -0.05) is 6.07 Å². The van der Waals surface area contributed by atoms with Crippen LogP contribution in [0.25, 0.3) is 16.8 Å². The van der Waals surface area contributed by atoms with Gasteiger partial charge in [-0.25, -0.2) is 18.2 Å². The van der Waals surface area contributed by atoms with E-state index in [2.05, 4.69) is 20.2 Å². The average Bonchev–Trinajstić information content (AvgIpc) is 3.26. The van der Waals surface area contributed by atoms with Gasteiger partial charge in [0.15, 0.2) is 5.82 Å². The molecule has 10 heteroatoms. The van der Waals surface area contributed by atoms with Crippen LogP contribution in [-0.4, -0.2) is 51.7 Å². The van der Waals surface area contributed by atoms with Crippen LogP contribution in [0.4, 0.5) is 13.2 Å². The molecule has 0 radical (unpaired) electrons. The molecule has 36 heavy (non-hydrogen) atoms. The molecule has 0 saturated carbocycles. The number of aromatic nitrogens is 3. The molecule has 2 heterocycles. The van der Waals surface area contributed by atoms with Crippen LogP contribution in [0.15, 0.2) is 71.1 Å². The normalized spacial score (nSPS) is 15.1. The number of benzene rings is 1. The fraction of sp³-hybridized carbons (Fsp3) is 0.231. The van der Waals surface area contributed by atoms with Gasteiger partial charge in [-0.05, 0) is 55.3 Å². The fourth-order valence-corrected chi connectivity index (χ4v) is 3.92. The van der Waals surface area contributed by atoms with E-state index in [0.29, 0.717) is 5.69 Å². The Morgan fingerprint density at radius 3 is 2.64 bits per heavy atom. The summed E-state index contributed by atoms with van der Waals surface area (Å²) in [6, 6.07) is 10.2. The lowest BCUT2D eigenvalue weighted by Gasteiger charge is -2.18. The number of carbonyl (C=O) groups excluding carboxylic acids is 1. The molecule has 0 spiro atoms. The van der Waals surface area contributed by atoms with Crippen LogP contribution >= 0.6 is 0 Å². The van der Waals surface area contributed by atoms with Crippen LogP contribution in [0.1, 0.15) is 24.2 Å². The van der Waals surface area contributed by atoms with Gasteiger partial charge in [-0.15, -0.1) is 0 Å². The summed E-state index contributed by atoms with van der Waals surface area (Å²) in [6.07, 6.45) is 2.39. The zero-order valence-electron chi connectivity index (χ0n) is 19.3. The fourth-order valence-electron chi connectivity index (χ4n) is 3.92. The predicted molar refractivity (Wildman–Crippen MR) is 128 cm³/mol. The maximum absolute atomic E-state index is 15.4. The third-order valence-corrected chi connectivity index (χ3v) is 5.75. The number of pyridine rings is 1. The van der Waals surface area contributed by atoms with E-state index in [4.69, 9.17) is 4.74 Å². The summed E-state index contributed by atoms with van der Waals surface area (Å²) >= 11 is 0. The molecule has 186 valence electrons. The van der Waals surface area contributed by atoms with Crippen molar-refractivity contribution >= 4 is 17.2 Å². The molecule has 0 fully saturated rings. The number of carbonyl (C=O) groups is 1. The number of halogens is 3. The van der Waals surface area contributed by atoms with E-state index in [0.717, 1.165) is 12.1 Å². The van der Waals surface area contributed by atoms with Crippen molar-refractivity contribution in [2.45, 2.75) is 25.4 Å². The summed E-state index contributed by atoms with van der Waals surface area (Å²) in [7, 11) is 1.37. The second-order valence-electron chi connectivity index (χ2n) is 8.03. The Morgan fingerprint density at radius 2 is 1.97 bits per heavy atom. The van der Waals surface area contributed by atoms with E-state index >= 15 is 8.78 Å². The molecule has 0 unspecified atom stereocenters. The van der Waals surface area contributed by atoms with Crippen molar-refractivity contribution in [1.82, 2.24) is 15.2 Å². The van der Waals surface area contributed by atoms with E-state index in [1.807, 2.05) is 0 Å². The smallest absolute Gasteiger partial charge is 0.273 e. The van der Waals surface area contributed by atoms with Gasteiger partial charge in [0.05, 0.1) is 12.3 Å². The molecular formula is C26H23F3N4O3. The summed E-state index contributed by atoms with van der Waals surface area (Å²) in [5.41, 5.74) is 0.305. The van der Waals surface area contributed by atoms with Crippen molar-refractivity contribution in [3.8, 4) is 11.3 Å². The maximum atomic E-state index is 15.4. The van der Waals surface area contributed by atoms with Gasteiger partial charge in [0.25, 0.3) is 5.91 Å². The molecule has 0 aliphatic heterocycles. The highest BCUT2D eigenvalue weighted by molar-refractivity contribution is 6.10. The molecule has 0 bridgehead atoms. The van der Waals surface area contributed by atoms with Crippen molar-refractivity contribution in [2.24, 2.45) is 4.99 Å². The Morgan fingerprint density at radius 1 is 1.19 bits per heavy atom. The van der Waals surface area contributed by atoms with Crippen LogP contribution in [0.2, 0.25) is 0 Å². The third kappa shape index (κ3) is 5.34. The molecular weight excluding hydrogens is 473 g/mol. The van der Waals surface area contributed by atoms with Crippen molar-refractivity contribution < 1.29 is 27.8 Å². The molecule has 1 atom stereocenters. The molecule has 7 nitrogen and oxygen atoms in total. The van der Waals surface area contributed by atoms with Crippen molar-refractivity contribution in [2.75, 3.05) is 13.7 Å². The Labute approximate surface area is 205 Å². The van der Waals surface area contributed by atoms with Gasteiger partial charge in [-0.2, -0.15) is 5.10 Å². The van der Waals surface area contributed by atoms with E-state index in [1.54, 1.807) is 24.4 Å². The second kappa shape index (κ2) is 11.2. The summed E-state index contributed by atoms with van der Waals surface area (Å²) in [6.45, 7) is -0.439. The summed E-state index contributed by atoms with van der Waals surface area (Å²) in [5.74, 6) is -2.95. The highest BCUT2D eigenvalue weighted by Gasteiger charge is 2.29. The molecule has 0 saturated heterocycles. The van der Waals surface area contributed by atoms with Crippen LogP contribution in [-0.2, 0) is 16.0 Å². The molecule has 1 aliphatic carbocycles. The number of nitrogens with zero attached hydrogens (tertiary/aromatic N) is 3. The van der Waals surface area contributed by atoms with E-state index < -0.39 is 36.1 Å². The lowest BCUT2D eigenvalue weighted by molar-refractivity contribution is -0.114. The van der Waals surface area contributed by atoms with Crippen molar-refractivity contribution in [3.05, 3.63) is 89.2 Å². The number of methoxy groups -OCH3 is 1. The van der Waals surface area contributed by atoms with Crippen LogP contribution in [0.5, 0.6) is 0 Å². The molecule has 1 aliphatic rings. The summed E-state index contributed by atoms with van der Waals surface area (Å²) in [4.78, 5) is 21.7. The van der Waals surface area contributed by atoms with E-state index in [1.165, 1.54) is 25.3 Å². The first kappa shape index (κ1) is 25.2. The minimum absolute atomic E-state index is 0.0467. The summed E-state index contributed by atoms with van der Waals surface area (Å²) < 4.78 is 48.9. The topological polar surface area (TPSA) is 100 Å². The number of allylic oxidation sites excluding steroid dienone is 3. The molecule has 4 rings (SSSR count). The van der Waals surface area contributed by atoms with Crippen molar-refractivity contribution in [3.63, 3.8) is 0 Å². The standard InChI is InChI=1S/C26H23F3N4O3/c1-36-21(14-34)20(13-17-5-2-3-12-30-17)31-26(35)18-6-4-7-19(28)22(18)25-23(29)24(32-33-25)15-8-10-16(27)11-9-15/h2-3,5,7-12,21,34H,4,6,13-14H2,1H3,(H,32,33)/t21-/m1/s1. The lowest BCUT2D eigenvalue weighted by Crippen LogP contribution is -2.30. The van der Waals surface area contributed by atoms with Gasteiger partial charge in [0, 0.05) is 42.1 Å². The highest BCUT2D eigenvalue weighted by atomic mass is 19.1. The molecule has 3 aromatic rings.